The van der Waals surface area contributed by atoms with E-state index in [0.717, 1.165) is 51.4 Å². The normalized spacial score (nSPS) is 19.3. The second-order valence-electron chi connectivity index (χ2n) is 13.3. The van der Waals surface area contributed by atoms with E-state index in [9.17, 15) is 14.0 Å². The average Bonchev–Trinajstić information content (AvgIpc) is 3.43. The monoisotopic (exact) mass is 700 g/mol. The third kappa shape index (κ3) is 8.09. The molecule has 3 aromatic rings. The number of allylic oxidation sites excluding steroid dienone is 1. The molecule has 256 valence electrons. The van der Waals surface area contributed by atoms with Crippen molar-refractivity contribution in [2.24, 2.45) is 16.3 Å². The second kappa shape index (κ2) is 14.9. The number of nitrogens with one attached hydrogen (secondary N) is 3. The first kappa shape index (κ1) is 34.9. The number of aliphatic imine (C=N–C) groups is 1. The van der Waals surface area contributed by atoms with Crippen LogP contribution in [0.25, 0.3) is 10.4 Å². The van der Waals surface area contributed by atoms with Gasteiger partial charge in [-0.1, -0.05) is 17.3 Å². The highest BCUT2D eigenvalue weighted by molar-refractivity contribution is 8.26. The van der Waals surface area contributed by atoms with Gasteiger partial charge in [-0.3, -0.25) is 25.4 Å². The molecule has 7 rings (SSSR count). The third-order valence-corrected chi connectivity index (χ3v) is 11.3. The fourth-order valence-electron chi connectivity index (χ4n) is 6.83. The summed E-state index contributed by atoms with van der Waals surface area (Å²) in [5.74, 6) is -1.20. The summed E-state index contributed by atoms with van der Waals surface area (Å²) in [5.41, 5.74) is 4.92. The number of carbonyl (C=O) groups is 2. The lowest BCUT2D eigenvalue weighted by molar-refractivity contribution is -0.117. The van der Waals surface area contributed by atoms with Crippen LogP contribution < -0.4 is 10.2 Å². The summed E-state index contributed by atoms with van der Waals surface area (Å²) < 4.78 is 19.7. The van der Waals surface area contributed by atoms with Crippen molar-refractivity contribution in [3.8, 4) is 10.4 Å². The average molecular weight is 701 g/mol. The molecule has 4 aliphatic heterocycles. The van der Waals surface area contributed by atoms with Crippen LogP contribution in [0.15, 0.2) is 65.3 Å². The van der Waals surface area contributed by atoms with Gasteiger partial charge < -0.3 is 19.9 Å². The summed E-state index contributed by atoms with van der Waals surface area (Å²) in [6.45, 7) is 8.51. The Hall–Kier alpha value is -3.97. The summed E-state index contributed by atoms with van der Waals surface area (Å²) in [6.07, 6.45) is 7.12. The Bertz CT molecular complexity index is 1810. The quantitative estimate of drug-likeness (QED) is 0.193. The van der Waals surface area contributed by atoms with Crippen LogP contribution in [0.5, 0.6) is 0 Å². The molecule has 5 heterocycles. The minimum Gasteiger partial charge on any atom is -0.381 e. The zero-order valence-electron chi connectivity index (χ0n) is 28.0. The Morgan fingerprint density at radius 3 is 2.51 bits per heavy atom. The zero-order valence-corrected chi connectivity index (χ0v) is 29.6. The molecule has 12 heteroatoms. The van der Waals surface area contributed by atoms with Gasteiger partial charge in [0.2, 0.25) is 5.91 Å². The SMILES string of the molecule is CC(=N)SC(=N)c1cc2c(s1)-c1ccc(F)cc1N(C(=O)c1ccc(NC(=O)C3C=NC=C(C)C3)cc1)CC2.CN1CC2(CCOCC2)C1. The number of anilines is 2. The van der Waals surface area contributed by atoms with Crippen molar-refractivity contribution in [1.82, 2.24) is 4.90 Å². The Balaban J connectivity index is 0.000000353. The Labute approximate surface area is 294 Å². The number of thiophene rings is 1. The molecule has 0 aliphatic carbocycles. The molecule has 0 radical (unpaired) electrons. The van der Waals surface area contributed by atoms with Crippen molar-refractivity contribution in [2.45, 2.75) is 39.5 Å². The number of hydrogen-bond donors (Lipinski definition) is 3. The molecule has 1 spiro atoms. The molecule has 4 aliphatic rings. The first-order valence-corrected chi connectivity index (χ1v) is 18.1. The van der Waals surface area contributed by atoms with E-state index in [1.54, 1.807) is 54.6 Å². The van der Waals surface area contributed by atoms with Gasteiger partial charge in [-0.2, -0.15) is 0 Å². The third-order valence-electron chi connectivity index (χ3n) is 9.24. The number of hydrogen-bond acceptors (Lipinski definition) is 9. The summed E-state index contributed by atoms with van der Waals surface area (Å²) in [4.78, 5) is 36.0. The maximum Gasteiger partial charge on any atom is 0.258 e. The smallest absolute Gasteiger partial charge is 0.258 e. The van der Waals surface area contributed by atoms with Crippen LogP contribution in [-0.4, -0.2) is 72.9 Å². The number of fused-ring (bicyclic) bond motifs is 3. The van der Waals surface area contributed by atoms with E-state index >= 15 is 0 Å². The van der Waals surface area contributed by atoms with Gasteiger partial charge in [-0.25, -0.2) is 4.39 Å². The Morgan fingerprint density at radius 1 is 1.10 bits per heavy atom. The van der Waals surface area contributed by atoms with Crippen molar-refractivity contribution in [3.63, 3.8) is 0 Å². The number of nitrogens with zero attached hydrogens (tertiary/aromatic N) is 3. The molecule has 1 aromatic heterocycles. The molecule has 1 unspecified atom stereocenters. The summed E-state index contributed by atoms with van der Waals surface area (Å²) in [7, 11) is 2.20. The van der Waals surface area contributed by atoms with E-state index in [4.69, 9.17) is 15.6 Å². The first-order valence-electron chi connectivity index (χ1n) is 16.4. The molecule has 49 heavy (non-hydrogen) atoms. The van der Waals surface area contributed by atoms with Crippen molar-refractivity contribution in [3.05, 3.63) is 82.1 Å². The standard InChI is InChI=1S/C29H26FN5O2S2.C8H15NO/c1-16-11-20(15-33-14-16)28(36)34-22-6-3-18(4-7-22)29(37)35-10-9-19-12-25(27(32)38-17(2)31)39-26(19)23-8-5-21(30)13-24(23)35;1-9-6-8(7-9)2-4-10-5-3-8/h3-8,12-15,20,31-32H,9-11H2,1-2H3,(H,34,36);2-7H2,1H3. The minimum absolute atomic E-state index is 0.157. The second-order valence-corrected chi connectivity index (χ2v) is 15.5. The number of halogens is 1. The summed E-state index contributed by atoms with van der Waals surface area (Å²) >= 11 is 2.51. The molecule has 2 aromatic carbocycles. The highest BCUT2D eigenvalue weighted by atomic mass is 32.2. The van der Waals surface area contributed by atoms with Crippen molar-refractivity contribution in [2.75, 3.05) is 50.1 Å². The van der Waals surface area contributed by atoms with Crippen LogP contribution in [0.1, 0.15) is 53.9 Å². The van der Waals surface area contributed by atoms with Crippen molar-refractivity contribution in [1.29, 1.82) is 10.8 Å². The highest BCUT2D eigenvalue weighted by Crippen LogP contribution is 2.43. The number of amides is 2. The molecule has 3 N–H and O–H groups in total. The molecular weight excluding hydrogens is 660 g/mol. The maximum atomic E-state index is 14.4. The van der Waals surface area contributed by atoms with Crippen LogP contribution in [0, 0.1) is 28.0 Å². The van der Waals surface area contributed by atoms with E-state index in [2.05, 4.69) is 22.3 Å². The lowest BCUT2D eigenvalue weighted by Crippen LogP contribution is -2.56. The number of carbonyl (C=O) groups excluding carboxylic acids is 2. The highest BCUT2D eigenvalue weighted by Gasteiger charge is 2.41. The van der Waals surface area contributed by atoms with E-state index in [0.29, 0.717) is 51.8 Å². The van der Waals surface area contributed by atoms with Gasteiger partial charge in [0.1, 0.15) is 10.9 Å². The number of likely N-dealkylation sites (tertiary alicyclic amines) is 1. The fraction of sp³-hybridized carbons (Fsp3) is 0.378. The van der Waals surface area contributed by atoms with Crippen molar-refractivity contribution < 1.29 is 18.7 Å². The fourth-order valence-corrected chi connectivity index (χ4v) is 8.64. The van der Waals surface area contributed by atoms with Crippen LogP contribution in [0.3, 0.4) is 0 Å². The van der Waals surface area contributed by atoms with Crippen LogP contribution >= 0.6 is 23.1 Å². The lowest BCUT2D eigenvalue weighted by atomic mass is 9.74. The van der Waals surface area contributed by atoms with Crippen molar-refractivity contribution >= 4 is 62.6 Å². The molecule has 0 saturated carbocycles. The summed E-state index contributed by atoms with van der Waals surface area (Å²) in [6, 6.07) is 13.1. The van der Waals surface area contributed by atoms with Gasteiger partial charge in [-0.05, 0) is 101 Å². The van der Waals surface area contributed by atoms with Gasteiger partial charge in [-0.15, -0.1) is 11.3 Å². The number of rotatable bonds is 4. The van der Waals surface area contributed by atoms with Gasteiger partial charge in [0.05, 0.1) is 21.5 Å². The van der Waals surface area contributed by atoms with Crippen LogP contribution in [0.2, 0.25) is 0 Å². The molecule has 0 bridgehead atoms. The topological polar surface area (TPSA) is 122 Å². The molecule has 1 atom stereocenters. The predicted molar refractivity (Wildman–Crippen MR) is 198 cm³/mol. The predicted octanol–water partition coefficient (Wildman–Crippen LogP) is 7.47. The molecule has 2 saturated heterocycles. The van der Waals surface area contributed by atoms with Crippen LogP contribution in [0.4, 0.5) is 15.8 Å². The molecule has 9 nitrogen and oxygen atoms in total. The van der Waals surface area contributed by atoms with E-state index in [1.165, 1.54) is 49.4 Å². The van der Waals surface area contributed by atoms with E-state index < -0.39 is 5.82 Å². The number of thioether (sulfide) groups is 1. The molecule has 2 amide bonds. The van der Waals surface area contributed by atoms with Gasteiger partial charge in [0.15, 0.2) is 0 Å². The summed E-state index contributed by atoms with van der Waals surface area (Å²) in [5, 5.41) is 19.5. The first-order chi connectivity index (χ1) is 23.5. The Kier molecular flexibility index (Phi) is 10.6. The maximum absolute atomic E-state index is 14.4. The minimum atomic E-state index is -0.441. The lowest BCUT2D eigenvalue weighted by Gasteiger charge is -2.50. The van der Waals surface area contributed by atoms with Gasteiger partial charge in [0, 0.05) is 72.4 Å². The zero-order chi connectivity index (χ0) is 34.7. The van der Waals surface area contributed by atoms with E-state index in [-0.39, 0.29) is 17.7 Å². The van der Waals surface area contributed by atoms with Gasteiger partial charge in [0.25, 0.3) is 5.91 Å². The van der Waals surface area contributed by atoms with Crippen LogP contribution in [-0.2, 0) is 16.0 Å². The number of ether oxygens (including phenoxy) is 1. The van der Waals surface area contributed by atoms with E-state index in [1.807, 2.05) is 13.0 Å². The van der Waals surface area contributed by atoms with Gasteiger partial charge >= 0.3 is 0 Å². The molecule has 2 fully saturated rings. The molecular formula is C37H41FN6O3S2. The Morgan fingerprint density at radius 2 is 1.84 bits per heavy atom. The largest absolute Gasteiger partial charge is 0.381 e. The number of benzene rings is 2.